The zero-order valence-corrected chi connectivity index (χ0v) is 16.0. The zero-order valence-electron chi connectivity index (χ0n) is 11.1. The Morgan fingerprint density at radius 2 is 1.25 bits per heavy atom. The summed E-state index contributed by atoms with van der Waals surface area (Å²) < 4.78 is 9.40. The lowest BCUT2D eigenvalue weighted by molar-refractivity contribution is 0.274. The third-order valence-corrected chi connectivity index (χ3v) is 9.80. The van der Waals surface area contributed by atoms with Crippen molar-refractivity contribution in [2.75, 3.05) is 14.2 Å². The molecule has 2 unspecified atom stereocenters. The summed E-state index contributed by atoms with van der Waals surface area (Å²) in [5.74, 6) is 0. The Morgan fingerprint density at radius 1 is 0.850 bits per heavy atom. The van der Waals surface area contributed by atoms with Gasteiger partial charge in [-0.1, -0.05) is 34.4 Å². The van der Waals surface area contributed by atoms with Gasteiger partial charge < -0.3 is 8.37 Å². The second-order valence-corrected chi connectivity index (χ2v) is 10.8. The molecule has 1 fully saturated rings. The topological polar surface area (TPSA) is 52.6 Å². The highest BCUT2D eigenvalue weighted by Gasteiger charge is 2.28. The molecule has 1 rings (SSSR count). The van der Waals surface area contributed by atoms with Crippen LogP contribution >= 0.6 is 67.3 Å². The highest BCUT2D eigenvalue weighted by Crippen LogP contribution is 2.46. The second kappa shape index (κ2) is 11.9. The highest BCUT2D eigenvalue weighted by atomic mass is 33.1. The van der Waals surface area contributed by atoms with Crippen LogP contribution in [0.4, 0.5) is 9.59 Å². The van der Waals surface area contributed by atoms with E-state index in [9.17, 15) is 9.59 Å². The molecule has 1 aliphatic carbocycles. The maximum atomic E-state index is 11.4. The molecular weight excluding hydrogens is 377 g/mol. The molecule has 0 N–H and O–H groups in total. The number of hydrogen-bond acceptors (Lipinski definition) is 10. The van der Waals surface area contributed by atoms with Crippen molar-refractivity contribution in [2.24, 2.45) is 0 Å². The van der Waals surface area contributed by atoms with Gasteiger partial charge in [0, 0.05) is 10.5 Å². The lowest BCUT2D eigenvalue weighted by Crippen LogP contribution is -2.23. The van der Waals surface area contributed by atoms with Gasteiger partial charge in [0.25, 0.3) is 8.89 Å². The van der Waals surface area contributed by atoms with E-state index in [1.54, 1.807) is 21.6 Å². The van der Waals surface area contributed by atoms with Gasteiger partial charge in [0.05, 0.1) is 38.3 Å². The minimum atomic E-state index is -0.0366. The van der Waals surface area contributed by atoms with Crippen LogP contribution in [0.25, 0.3) is 0 Å². The number of rotatable bonds is 6. The van der Waals surface area contributed by atoms with Gasteiger partial charge in [0.1, 0.15) is 0 Å². The van der Waals surface area contributed by atoms with E-state index < -0.39 is 0 Å². The molecule has 0 saturated heterocycles. The largest absolute Gasteiger partial charge is 0.311 e. The third-order valence-electron chi connectivity index (χ3n) is 2.42. The van der Waals surface area contributed by atoms with Crippen LogP contribution in [-0.4, -0.2) is 33.6 Å². The predicted molar refractivity (Wildman–Crippen MR) is 96.4 cm³/mol. The summed E-state index contributed by atoms with van der Waals surface area (Å²) in [7, 11) is 8.65. The lowest BCUT2D eigenvalue weighted by atomic mass is 10.00. The predicted octanol–water partition coefficient (Wildman–Crippen LogP) is 5.89. The fraction of sp³-hybridized carbons (Fsp3) is 0.800. The smallest absolute Gasteiger partial charge is 0.283 e. The summed E-state index contributed by atoms with van der Waals surface area (Å²) in [6.45, 7) is 0. The molecule has 0 spiro atoms. The van der Waals surface area contributed by atoms with Gasteiger partial charge in [-0.15, -0.1) is 0 Å². The Morgan fingerprint density at radius 3 is 1.60 bits per heavy atom. The van der Waals surface area contributed by atoms with Gasteiger partial charge in [-0.05, 0) is 34.4 Å². The molecule has 0 heterocycles. The molecule has 0 aromatic rings. The van der Waals surface area contributed by atoms with Gasteiger partial charge in [-0.25, -0.2) is 0 Å². The average Bonchev–Trinajstić information content (AvgIpc) is 2.44. The summed E-state index contributed by atoms with van der Waals surface area (Å²) in [5, 5.41) is 0.793. The van der Waals surface area contributed by atoms with Gasteiger partial charge in [0.15, 0.2) is 0 Å². The lowest BCUT2D eigenvalue weighted by Gasteiger charge is -2.28. The minimum Gasteiger partial charge on any atom is -0.311 e. The second-order valence-electron chi connectivity index (χ2n) is 3.72. The highest BCUT2D eigenvalue weighted by molar-refractivity contribution is 8.87. The van der Waals surface area contributed by atoms with E-state index in [2.05, 4.69) is 0 Å². The van der Waals surface area contributed by atoms with Crippen LogP contribution < -0.4 is 0 Å². The van der Waals surface area contributed by atoms with Crippen molar-refractivity contribution in [3.05, 3.63) is 0 Å². The quantitative estimate of drug-likeness (QED) is 0.404. The molecule has 4 nitrogen and oxygen atoms in total. The molecule has 20 heavy (non-hydrogen) atoms. The van der Waals surface area contributed by atoms with Gasteiger partial charge in [-0.2, -0.15) is 0 Å². The Hall–Kier alpha value is 1.36. The van der Waals surface area contributed by atoms with Crippen LogP contribution in [-0.2, 0) is 8.37 Å². The Balaban J connectivity index is 2.33. The fourth-order valence-electron chi connectivity index (χ4n) is 1.65. The number of hydrogen-bond donors (Lipinski definition) is 0. The molecule has 116 valence electrons. The normalized spacial score (nSPS) is 22.7. The van der Waals surface area contributed by atoms with E-state index in [0.29, 0.717) is 10.5 Å². The summed E-state index contributed by atoms with van der Waals surface area (Å²) >= 11 is 1.73. The first kappa shape index (κ1) is 19.4. The van der Waals surface area contributed by atoms with E-state index in [1.807, 2.05) is 0 Å². The van der Waals surface area contributed by atoms with Crippen molar-refractivity contribution in [1.29, 1.82) is 0 Å². The third kappa shape index (κ3) is 8.11. The summed E-state index contributed by atoms with van der Waals surface area (Å²) in [5.41, 5.74) is 0. The van der Waals surface area contributed by atoms with Crippen LogP contribution in [0.15, 0.2) is 0 Å². The molecule has 1 saturated carbocycles. The molecule has 0 aromatic heterocycles. The number of carbonyl (C=O) groups excluding carboxylic acids is 2. The van der Waals surface area contributed by atoms with E-state index in [0.717, 1.165) is 36.9 Å². The fourth-order valence-corrected chi connectivity index (χ4v) is 8.56. The molecule has 0 radical (unpaired) electrons. The van der Waals surface area contributed by atoms with Crippen molar-refractivity contribution < 1.29 is 18.0 Å². The summed E-state index contributed by atoms with van der Waals surface area (Å²) in [6.07, 6.45) is 4.55. The molecule has 0 aromatic carbocycles. The maximum Gasteiger partial charge on any atom is 0.283 e. The van der Waals surface area contributed by atoms with E-state index in [1.165, 1.54) is 48.6 Å². The van der Waals surface area contributed by atoms with Crippen molar-refractivity contribution >= 4 is 76.2 Å². The van der Waals surface area contributed by atoms with Crippen LogP contribution in [0.2, 0.25) is 0 Å². The number of carbonyl (C=O) groups is 2. The van der Waals surface area contributed by atoms with E-state index in [-0.39, 0.29) is 8.89 Å². The molecule has 1 aliphatic rings. The summed E-state index contributed by atoms with van der Waals surface area (Å²) in [4.78, 5) is 22.9. The monoisotopic (exact) mass is 392 g/mol. The van der Waals surface area contributed by atoms with Gasteiger partial charge >= 0.3 is 0 Å². The van der Waals surface area contributed by atoms with Crippen LogP contribution in [0.3, 0.4) is 0 Å². The molecule has 10 heteroatoms. The molecule has 0 aliphatic heterocycles. The van der Waals surface area contributed by atoms with Crippen LogP contribution in [0.5, 0.6) is 0 Å². The first-order valence-corrected chi connectivity index (χ1v) is 11.7. The first-order valence-electron chi connectivity index (χ1n) is 5.83. The molecule has 2 atom stereocenters. The Labute approximate surface area is 144 Å². The average molecular weight is 393 g/mol. The van der Waals surface area contributed by atoms with E-state index >= 15 is 0 Å². The van der Waals surface area contributed by atoms with Gasteiger partial charge in [0.2, 0.25) is 0 Å². The molecular formula is C10H16O4S6. The first-order chi connectivity index (χ1) is 9.67. The Kier molecular flexibility index (Phi) is 11.5. The van der Waals surface area contributed by atoms with Crippen molar-refractivity contribution in [3.63, 3.8) is 0 Å². The van der Waals surface area contributed by atoms with Crippen molar-refractivity contribution in [2.45, 2.75) is 36.2 Å². The van der Waals surface area contributed by atoms with Crippen molar-refractivity contribution in [1.82, 2.24) is 0 Å². The summed E-state index contributed by atoms with van der Waals surface area (Å²) in [6, 6.07) is 0. The Bertz CT molecular complexity index is 286. The standard InChI is InChI=1S/C10H16O4S6/c1-13-15-9(11)19-17-7-5-3-4-6-8(7)18-20-10(12)16-14-2/h7-8H,3-6H2,1-2H3. The van der Waals surface area contributed by atoms with Crippen molar-refractivity contribution in [3.8, 4) is 0 Å². The zero-order chi connectivity index (χ0) is 14.8. The van der Waals surface area contributed by atoms with Gasteiger partial charge in [-0.3, -0.25) is 9.59 Å². The van der Waals surface area contributed by atoms with E-state index in [4.69, 9.17) is 8.37 Å². The maximum absolute atomic E-state index is 11.4. The SMILES string of the molecule is COSC(=O)SSC1CCCCC1SSC(=O)SOC. The molecule has 0 amide bonds. The molecule has 0 bridgehead atoms. The van der Waals surface area contributed by atoms with Crippen LogP contribution in [0.1, 0.15) is 25.7 Å². The van der Waals surface area contributed by atoms with Crippen LogP contribution in [0, 0.1) is 0 Å². The minimum absolute atomic E-state index is 0.0366.